The molecule has 1 N–H and O–H groups in total. The van der Waals surface area contributed by atoms with Crippen LogP contribution in [-0.4, -0.2) is 58.0 Å². The molecule has 0 bridgehead atoms. The summed E-state index contributed by atoms with van der Waals surface area (Å²) in [5.74, 6) is 0.707. The Morgan fingerprint density at radius 2 is 2.04 bits per heavy atom. The number of rotatable bonds is 6. The minimum Gasteiger partial charge on any atom is -0.349 e. The summed E-state index contributed by atoms with van der Waals surface area (Å²) in [4.78, 5) is 20.8. The van der Waals surface area contributed by atoms with E-state index >= 15 is 0 Å². The zero-order valence-electron chi connectivity index (χ0n) is 15.6. The quantitative estimate of drug-likeness (QED) is 0.804. The first-order chi connectivity index (χ1) is 12.8. The van der Waals surface area contributed by atoms with Crippen LogP contribution in [0.5, 0.6) is 0 Å². The lowest BCUT2D eigenvalue weighted by molar-refractivity contribution is 0.0923. The molecule has 1 amide bonds. The monoisotopic (exact) mass is 391 g/mol. The lowest BCUT2D eigenvalue weighted by Gasteiger charge is -2.32. The van der Waals surface area contributed by atoms with Gasteiger partial charge in [-0.2, -0.15) is 0 Å². The zero-order chi connectivity index (χ0) is 19.4. The van der Waals surface area contributed by atoms with Crippen LogP contribution in [0.25, 0.3) is 5.82 Å². The fourth-order valence-corrected chi connectivity index (χ4v) is 4.99. The van der Waals surface area contributed by atoms with Crippen molar-refractivity contribution in [2.75, 3.05) is 18.8 Å². The van der Waals surface area contributed by atoms with Crippen LogP contribution in [0.3, 0.4) is 0 Å². The number of hydrogen-bond donors (Lipinski definition) is 1. The second kappa shape index (κ2) is 8.18. The van der Waals surface area contributed by atoms with Gasteiger partial charge in [-0.3, -0.25) is 9.36 Å². The average Bonchev–Trinajstić information content (AvgIpc) is 3.16. The SMILES string of the molecule is CC(C)CS(=O)(=O)N1CCC(NC(=O)c2ccnc(-n3ccnc3)c2)CC1. The van der Waals surface area contributed by atoms with Crippen molar-refractivity contribution in [2.24, 2.45) is 5.92 Å². The van der Waals surface area contributed by atoms with Gasteiger partial charge < -0.3 is 5.32 Å². The molecule has 3 rings (SSSR count). The van der Waals surface area contributed by atoms with Gasteiger partial charge in [0.15, 0.2) is 0 Å². The molecule has 2 aromatic rings. The van der Waals surface area contributed by atoms with Gasteiger partial charge >= 0.3 is 0 Å². The van der Waals surface area contributed by atoms with Crippen LogP contribution in [-0.2, 0) is 10.0 Å². The van der Waals surface area contributed by atoms with E-state index in [0.717, 1.165) is 0 Å². The van der Waals surface area contributed by atoms with E-state index in [1.807, 2.05) is 13.8 Å². The highest BCUT2D eigenvalue weighted by Gasteiger charge is 2.29. The number of carbonyl (C=O) groups excluding carboxylic acids is 1. The fourth-order valence-electron chi connectivity index (χ4n) is 3.17. The van der Waals surface area contributed by atoms with Crippen LogP contribution >= 0.6 is 0 Å². The van der Waals surface area contributed by atoms with Crippen LogP contribution < -0.4 is 5.32 Å². The molecule has 1 saturated heterocycles. The molecule has 0 atom stereocenters. The van der Waals surface area contributed by atoms with E-state index in [4.69, 9.17) is 0 Å². The number of aromatic nitrogens is 3. The van der Waals surface area contributed by atoms with Gasteiger partial charge in [0.1, 0.15) is 12.1 Å². The van der Waals surface area contributed by atoms with Gasteiger partial charge in [-0.25, -0.2) is 22.7 Å². The van der Waals surface area contributed by atoms with E-state index in [1.54, 1.807) is 45.9 Å². The normalized spacial score (nSPS) is 16.6. The standard InChI is InChI=1S/C18H25N5O3S/c1-14(2)12-27(25,26)23-8-4-16(5-9-23)21-18(24)15-3-6-20-17(11-15)22-10-7-19-13-22/h3,6-7,10-11,13-14,16H,4-5,8-9,12H2,1-2H3,(H,21,24). The number of nitrogens with zero attached hydrogens (tertiary/aromatic N) is 4. The Balaban J connectivity index is 1.58. The van der Waals surface area contributed by atoms with E-state index in [9.17, 15) is 13.2 Å². The van der Waals surface area contributed by atoms with Gasteiger partial charge in [0, 0.05) is 43.3 Å². The molecular weight excluding hydrogens is 366 g/mol. The highest BCUT2D eigenvalue weighted by Crippen LogP contribution is 2.17. The third-order valence-corrected chi connectivity index (χ3v) is 6.74. The summed E-state index contributed by atoms with van der Waals surface area (Å²) in [7, 11) is -3.21. The fraction of sp³-hybridized carbons (Fsp3) is 0.500. The number of sulfonamides is 1. The molecule has 0 aromatic carbocycles. The topological polar surface area (TPSA) is 97.2 Å². The lowest BCUT2D eigenvalue weighted by atomic mass is 10.1. The third-order valence-electron chi connectivity index (χ3n) is 4.50. The Labute approximate surface area is 159 Å². The Kier molecular flexibility index (Phi) is 5.91. The Bertz CT molecular complexity index is 872. The first kappa shape index (κ1) is 19.5. The van der Waals surface area contributed by atoms with E-state index < -0.39 is 10.0 Å². The molecule has 0 radical (unpaired) electrons. The van der Waals surface area contributed by atoms with Gasteiger partial charge in [-0.15, -0.1) is 0 Å². The van der Waals surface area contributed by atoms with Gasteiger partial charge in [0.25, 0.3) is 5.91 Å². The number of pyridine rings is 1. The van der Waals surface area contributed by atoms with Crippen molar-refractivity contribution in [1.29, 1.82) is 0 Å². The first-order valence-electron chi connectivity index (χ1n) is 9.08. The highest BCUT2D eigenvalue weighted by molar-refractivity contribution is 7.89. The molecule has 1 fully saturated rings. The van der Waals surface area contributed by atoms with Crippen LogP contribution in [0.2, 0.25) is 0 Å². The highest BCUT2D eigenvalue weighted by atomic mass is 32.2. The second-order valence-corrected chi connectivity index (χ2v) is 9.21. The van der Waals surface area contributed by atoms with Crippen molar-refractivity contribution >= 4 is 15.9 Å². The first-order valence-corrected chi connectivity index (χ1v) is 10.7. The van der Waals surface area contributed by atoms with Gasteiger partial charge in [0.2, 0.25) is 10.0 Å². The second-order valence-electron chi connectivity index (χ2n) is 7.19. The predicted octanol–water partition coefficient (Wildman–Crippen LogP) is 1.45. The molecule has 0 unspecified atom stereocenters. The molecule has 146 valence electrons. The largest absolute Gasteiger partial charge is 0.349 e. The smallest absolute Gasteiger partial charge is 0.251 e. The Hall–Kier alpha value is -2.26. The van der Waals surface area contributed by atoms with Crippen molar-refractivity contribution in [2.45, 2.75) is 32.7 Å². The van der Waals surface area contributed by atoms with Crippen molar-refractivity contribution < 1.29 is 13.2 Å². The lowest BCUT2D eigenvalue weighted by Crippen LogP contribution is -2.47. The predicted molar refractivity (Wildman–Crippen MR) is 102 cm³/mol. The Morgan fingerprint density at radius 1 is 1.30 bits per heavy atom. The van der Waals surface area contributed by atoms with Crippen molar-refractivity contribution in [3.63, 3.8) is 0 Å². The van der Waals surface area contributed by atoms with Gasteiger partial charge in [0.05, 0.1) is 5.75 Å². The maximum absolute atomic E-state index is 12.6. The number of hydrogen-bond acceptors (Lipinski definition) is 5. The van der Waals surface area contributed by atoms with Crippen LogP contribution in [0.15, 0.2) is 37.1 Å². The van der Waals surface area contributed by atoms with Crippen molar-refractivity contribution in [3.8, 4) is 5.82 Å². The summed E-state index contributed by atoms with van der Waals surface area (Å²) >= 11 is 0. The molecule has 27 heavy (non-hydrogen) atoms. The minimum atomic E-state index is -3.21. The summed E-state index contributed by atoms with van der Waals surface area (Å²) in [5, 5.41) is 3.01. The minimum absolute atomic E-state index is 0.0344. The number of nitrogens with one attached hydrogen (secondary N) is 1. The molecule has 9 heteroatoms. The molecule has 8 nitrogen and oxygen atoms in total. The number of piperidine rings is 1. The van der Waals surface area contributed by atoms with E-state index in [2.05, 4.69) is 15.3 Å². The summed E-state index contributed by atoms with van der Waals surface area (Å²) in [5.41, 5.74) is 0.517. The molecular formula is C18H25N5O3S. The molecule has 0 aliphatic carbocycles. The maximum atomic E-state index is 12.6. The molecule has 1 aliphatic heterocycles. The van der Waals surface area contributed by atoms with Crippen molar-refractivity contribution in [3.05, 3.63) is 42.6 Å². The summed E-state index contributed by atoms with van der Waals surface area (Å²) < 4.78 is 27.9. The zero-order valence-corrected chi connectivity index (χ0v) is 16.4. The van der Waals surface area contributed by atoms with E-state index in [-0.39, 0.29) is 23.6 Å². The van der Waals surface area contributed by atoms with Crippen LogP contribution in [0.1, 0.15) is 37.0 Å². The van der Waals surface area contributed by atoms with Gasteiger partial charge in [-0.05, 0) is 30.9 Å². The van der Waals surface area contributed by atoms with Crippen molar-refractivity contribution in [1.82, 2.24) is 24.2 Å². The molecule has 2 aromatic heterocycles. The summed E-state index contributed by atoms with van der Waals surface area (Å²) in [6.07, 6.45) is 7.85. The number of imidazole rings is 1. The summed E-state index contributed by atoms with van der Waals surface area (Å²) in [6, 6.07) is 3.34. The average molecular weight is 391 g/mol. The van der Waals surface area contributed by atoms with E-state index in [0.29, 0.717) is 37.3 Å². The van der Waals surface area contributed by atoms with Crippen LogP contribution in [0.4, 0.5) is 0 Å². The van der Waals surface area contributed by atoms with E-state index in [1.165, 1.54) is 0 Å². The van der Waals surface area contributed by atoms with Crippen LogP contribution in [0, 0.1) is 5.92 Å². The molecule has 0 spiro atoms. The number of amides is 1. The molecule has 0 saturated carbocycles. The molecule has 3 heterocycles. The maximum Gasteiger partial charge on any atom is 0.251 e. The summed E-state index contributed by atoms with van der Waals surface area (Å²) in [6.45, 7) is 4.68. The molecule has 1 aliphatic rings. The third kappa shape index (κ3) is 4.92. The Morgan fingerprint density at radius 3 is 2.67 bits per heavy atom. The van der Waals surface area contributed by atoms with Gasteiger partial charge in [-0.1, -0.05) is 13.8 Å². The number of carbonyl (C=O) groups is 1.